The van der Waals surface area contributed by atoms with Gasteiger partial charge < -0.3 is 9.84 Å². The molecule has 0 radical (unpaired) electrons. The molecule has 0 bridgehead atoms. The van der Waals surface area contributed by atoms with E-state index < -0.39 is 6.10 Å². The number of benzene rings is 1. The predicted molar refractivity (Wildman–Crippen MR) is 73.3 cm³/mol. The quantitative estimate of drug-likeness (QED) is 0.925. The van der Waals surface area contributed by atoms with Gasteiger partial charge in [0.05, 0.1) is 19.3 Å². The number of ether oxygens (including phenoxy) is 1. The monoisotopic (exact) mass is 289 g/mol. The van der Waals surface area contributed by atoms with E-state index >= 15 is 0 Å². The van der Waals surface area contributed by atoms with E-state index in [4.69, 9.17) is 27.9 Å². The fraction of sp³-hybridized carbons (Fsp3) is 0.538. The maximum atomic E-state index is 10.1. The van der Waals surface area contributed by atoms with E-state index in [1.54, 1.807) is 18.2 Å². The lowest BCUT2D eigenvalue weighted by Gasteiger charge is -2.27. The van der Waals surface area contributed by atoms with Crippen LogP contribution >= 0.6 is 23.2 Å². The van der Waals surface area contributed by atoms with E-state index in [0.29, 0.717) is 16.5 Å². The Morgan fingerprint density at radius 1 is 1.28 bits per heavy atom. The van der Waals surface area contributed by atoms with Crippen molar-refractivity contribution in [2.45, 2.75) is 12.5 Å². The Morgan fingerprint density at radius 3 is 2.67 bits per heavy atom. The lowest BCUT2D eigenvalue weighted by atomic mass is 10.1. The van der Waals surface area contributed by atoms with Crippen molar-refractivity contribution in [1.82, 2.24) is 4.90 Å². The van der Waals surface area contributed by atoms with E-state index in [1.807, 2.05) is 0 Å². The van der Waals surface area contributed by atoms with E-state index in [1.165, 1.54) is 0 Å². The van der Waals surface area contributed by atoms with Gasteiger partial charge in [-0.3, -0.25) is 4.90 Å². The summed E-state index contributed by atoms with van der Waals surface area (Å²) in [4.78, 5) is 2.29. The molecule has 1 fully saturated rings. The molecule has 2 rings (SSSR count). The van der Waals surface area contributed by atoms with Crippen molar-refractivity contribution < 1.29 is 9.84 Å². The van der Waals surface area contributed by atoms with Crippen molar-refractivity contribution >= 4 is 23.2 Å². The van der Waals surface area contributed by atoms with E-state index in [-0.39, 0.29) is 0 Å². The van der Waals surface area contributed by atoms with E-state index in [2.05, 4.69) is 4.90 Å². The molecule has 1 atom stereocenters. The first kappa shape index (κ1) is 14.1. The van der Waals surface area contributed by atoms with Crippen molar-refractivity contribution in [3.05, 3.63) is 33.8 Å². The molecule has 0 spiro atoms. The number of rotatable bonds is 4. The van der Waals surface area contributed by atoms with Crippen LogP contribution in [0.5, 0.6) is 0 Å². The summed E-state index contributed by atoms with van der Waals surface area (Å²) in [6.45, 7) is 4.27. The van der Waals surface area contributed by atoms with Gasteiger partial charge in [0.25, 0.3) is 0 Å². The summed E-state index contributed by atoms with van der Waals surface area (Å²) in [5.41, 5.74) is 0.745. The third kappa shape index (κ3) is 3.84. The van der Waals surface area contributed by atoms with Gasteiger partial charge >= 0.3 is 0 Å². The number of hydrogen-bond acceptors (Lipinski definition) is 3. The second kappa shape index (κ2) is 6.73. The van der Waals surface area contributed by atoms with Crippen LogP contribution in [0.4, 0.5) is 0 Å². The third-order valence-corrected chi connectivity index (χ3v) is 3.71. The van der Waals surface area contributed by atoms with Gasteiger partial charge in [-0.05, 0) is 24.1 Å². The van der Waals surface area contributed by atoms with Gasteiger partial charge in [-0.2, -0.15) is 0 Å². The van der Waals surface area contributed by atoms with Crippen molar-refractivity contribution in [3.8, 4) is 0 Å². The van der Waals surface area contributed by atoms with Crippen molar-refractivity contribution in [1.29, 1.82) is 0 Å². The van der Waals surface area contributed by atoms with Gasteiger partial charge in [-0.1, -0.05) is 29.3 Å². The highest BCUT2D eigenvalue weighted by molar-refractivity contribution is 6.35. The van der Waals surface area contributed by atoms with E-state index in [9.17, 15) is 5.11 Å². The van der Waals surface area contributed by atoms with Gasteiger partial charge in [0.15, 0.2) is 0 Å². The SMILES string of the molecule is OC(CCN1CCOCC1)c1ccc(Cl)cc1Cl. The lowest BCUT2D eigenvalue weighted by molar-refractivity contribution is 0.0300. The molecule has 1 aromatic carbocycles. The summed E-state index contributed by atoms with van der Waals surface area (Å²) in [6, 6.07) is 5.20. The molecule has 0 aliphatic carbocycles. The van der Waals surface area contributed by atoms with Gasteiger partial charge in [0.1, 0.15) is 0 Å². The number of halogens is 2. The lowest BCUT2D eigenvalue weighted by Crippen LogP contribution is -2.37. The van der Waals surface area contributed by atoms with Crippen molar-refractivity contribution in [2.75, 3.05) is 32.8 Å². The number of aliphatic hydroxyl groups is 1. The zero-order valence-corrected chi connectivity index (χ0v) is 11.6. The molecule has 18 heavy (non-hydrogen) atoms. The minimum atomic E-state index is -0.544. The molecule has 1 aliphatic heterocycles. The second-order valence-corrected chi connectivity index (χ2v) is 5.27. The van der Waals surface area contributed by atoms with Crippen molar-refractivity contribution in [3.63, 3.8) is 0 Å². The second-order valence-electron chi connectivity index (χ2n) is 4.42. The molecule has 1 unspecified atom stereocenters. The average Bonchev–Trinajstić information content (AvgIpc) is 2.37. The standard InChI is InChI=1S/C13H17Cl2NO2/c14-10-1-2-11(12(15)9-10)13(17)3-4-16-5-7-18-8-6-16/h1-2,9,13,17H,3-8H2. The zero-order chi connectivity index (χ0) is 13.0. The highest BCUT2D eigenvalue weighted by Crippen LogP contribution is 2.28. The first-order chi connectivity index (χ1) is 8.66. The Labute approximate surface area is 117 Å². The Morgan fingerprint density at radius 2 is 2.00 bits per heavy atom. The van der Waals surface area contributed by atoms with Crippen LogP contribution in [-0.2, 0) is 4.74 Å². The van der Waals surface area contributed by atoms with Crippen LogP contribution in [-0.4, -0.2) is 42.9 Å². The van der Waals surface area contributed by atoms with Crippen LogP contribution < -0.4 is 0 Å². The van der Waals surface area contributed by atoms with Crippen LogP contribution in [0.3, 0.4) is 0 Å². The Balaban J connectivity index is 1.88. The fourth-order valence-corrected chi connectivity index (χ4v) is 2.59. The van der Waals surface area contributed by atoms with Crippen LogP contribution in [0.25, 0.3) is 0 Å². The Kier molecular flexibility index (Phi) is 5.27. The molecular weight excluding hydrogens is 273 g/mol. The smallest absolute Gasteiger partial charge is 0.0816 e. The molecule has 1 N–H and O–H groups in total. The molecule has 1 heterocycles. The maximum Gasteiger partial charge on any atom is 0.0816 e. The fourth-order valence-electron chi connectivity index (χ4n) is 2.06. The topological polar surface area (TPSA) is 32.7 Å². The largest absolute Gasteiger partial charge is 0.388 e. The highest BCUT2D eigenvalue weighted by Gasteiger charge is 2.15. The number of aliphatic hydroxyl groups excluding tert-OH is 1. The van der Waals surface area contributed by atoms with Crippen LogP contribution in [0.15, 0.2) is 18.2 Å². The summed E-state index contributed by atoms with van der Waals surface area (Å²) in [5, 5.41) is 11.2. The molecular formula is C13H17Cl2NO2. The highest BCUT2D eigenvalue weighted by atomic mass is 35.5. The van der Waals surface area contributed by atoms with Gasteiger partial charge in [0, 0.05) is 29.7 Å². The van der Waals surface area contributed by atoms with Crippen LogP contribution in [0, 0.1) is 0 Å². The number of nitrogens with zero attached hydrogens (tertiary/aromatic N) is 1. The minimum Gasteiger partial charge on any atom is -0.388 e. The summed E-state index contributed by atoms with van der Waals surface area (Å²) in [7, 11) is 0. The van der Waals surface area contributed by atoms with Crippen LogP contribution in [0.2, 0.25) is 10.0 Å². The molecule has 0 aromatic heterocycles. The van der Waals surface area contributed by atoms with Gasteiger partial charge in [-0.25, -0.2) is 0 Å². The molecule has 1 aromatic rings. The molecule has 3 nitrogen and oxygen atoms in total. The first-order valence-corrected chi connectivity index (χ1v) is 6.85. The number of morpholine rings is 1. The maximum absolute atomic E-state index is 10.1. The summed E-state index contributed by atoms with van der Waals surface area (Å²) < 4.78 is 5.28. The average molecular weight is 290 g/mol. The number of hydrogen-bond donors (Lipinski definition) is 1. The molecule has 0 amide bonds. The Bertz CT molecular complexity index is 395. The van der Waals surface area contributed by atoms with E-state index in [0.717, 1.165) is 38.4 Å². The van der Waals surface area contributed by atoms with Gasteiger partial charge in [0.2, 0.25) is 0 Å². The summed E-state index contributed by atoms with van der Waals surface area (Å²) in [5.74, 6) is 0. The molecule has 0 saturated carbocycles. The molecule has 5 heteroatoms. The predicted octanol–water partition coefficient (Wildman–Crippen LogP) is 2.75. The first-order valence-electron chi connectivity index (χ1n) is 6.10. The minimum absolute atomic E-state index is 0.525. The summed E-state index contributed by atoms with van der Waals surface area (Å²) in [6.07, 6.45) is 0.124. The summed E-state index contributed by atoms with van der Waals surface area (Å²) >= 11 is 11.9. The zero-order valence-electron chi connectivity index (χ0n) is 10.1. The normalized spacial score (nSPS) is 18.8. The third-order valence-electron chi connectivity index (χ3n) is 3.14. The Hall–Kier alpha value is -0.320. The van der Waals surface area contributed by atoms with Gasteiger partial charge in [-0.15, -0.1) is 0 Å². The molecule has 1 saturated heterocycles. The molecule has 100 valence electrons. The van der Waals surface area contributed by atoms with Crippen LogP contribution in [0.1, 0.15) is 18.1 Å². The molecule has 1 aliphatic rings. The van der Waals surface area contributed by atoms with Crippen molar-refractivity contribution in [2.24, 2.45) is 0 Å².